The van der Waals surface area contributed by atoms with Crippen LogP contribution in [0.4, 0.5) is 0 Å². The molecule has 0 aliphatic carbocycles. The Kier molecular flexibility index (Phi) is 5.75. The molecule has 0 spiro atoms. The van der Waals surface area contributed by atoms with E-state index >= 15 is 0 Å². The highest BCUT2D eigenvalue weighted by Gasteiger charge is 2.78. The second kappa shape index (κ2) is 7.98. The molecule has 7 nitrogen and oxygen atoms in total. The number of ether oxygens (including phenoxy) is 3. The van der Waals surface area contributed by atoms with Crippen molar-refractivity contribution < 1.29 is 14.2 Å². The average molecular weight is 406 g/mol. The minimum Gasteiger partial charge on any atom is -0.494 e. The summed E-state index contributed by atoms with van der Waals surface area (Å²) in [6.07, 6.45) is 3.40. The van der Waals surface area contributed by atoms with E-state index in [1.165, 1.54) is 12.8 Å². The van der Waals surface area contributed by atoms with Crippen molar-refractivity contribution in [1.29, 1.82) is 21.2 Å². The molecular formula is C23H26N4O3. The van der Waals surface area contributed by atoms with Crippen LogP contribution in [0.5, 0.6) is 5.75 Å². The van der Waals surface area contributed by atoms with Gasteiger partial charge >= 0.3 is 0 Å². The molecule has 1 aromatic carbocycles. The number of hydrogen-bond acceptors (Lipinski definition) is 7. The van der Waals surface area contributed by atoms with Gasteiger partial charge in [0.1, 0.15) is 11.9 Å². The summed E-state index contributed by atoms with van der Waals surface area (Å²) in [6.45, 7) is 6.11. The van der Waals surface area contributed by atoms with E-state index in [2.05, 4.69) is 13.0 Å². The molecule has 0 aromatic heterocycles. The van der Waals surface area contributed by atoms with Gasteiger partial charge in [-0.15, -0.1) is 0 Å². The quantitative estimate of drug-likeness (QED) is 0.659. The van der Waals surface area contributed by atoms with Crippen molar-refractivity contribution in [1.82, 2.24) is 0 Å². The van der Waals surface area contributed by atoms with Crippen LogP contribution in [-0.4, -0.2) is 18.3 Å². The largest absolute Gasteiger partial charge is 0.494 e. The van der Waals surface area contributed by atoms with Crippen molar-refractivity contribution in [3.8, 4) is 24.0 Å². The van der Waals surface area contributed by atoms with Crippen LogP contribution in [0.2, 0.25) is 0 Å². The molecule has 2 aliphatic heterocycles. The van der Waals surface area contributed by atoms with Gasteiger partial charge in [0.25, 0.3) is 0 Å². The first-order chi connectivity index (χ1) is 14.3. The SMILES string of the molecule is CCCCCCOc1ccc(C2OC3(C)OC(=N)C(C#N)(C3C)C2(C#N)C#N)cc1. The van der Waals surface area contributed by atoms with Crippen molar-refractivity contribution in [3.05, 3.63) is 29.8 Å². The van der Waals surface area contributed by atoms with Crippen LogP contribution in [0, 0.1) is 56.2 Å². The van der Waals surface area contributed by atoms with Crippen LogP contribution in [-0.2, 0) is 9.47 Å². The molecule has 4 atom stereocenters. The third kappa shape index (κ3) is 2.92. The minimum atomic E-state index is -1.92. The maximum absolute atomic E-state index is 10.1. The molecule has 2 saturated heterocycles. The molecule has 156 valence electrons. The van der Waals surface area contributed by atoms with Crippen LogP contribution >= 0.6 is 0 Å². The Bertz CT molecular complexity index is 925. The molecule has 2 bridgehead atoms. The highest BCUT2D eigenvalue weighted by molar-refractivity contribution is 5.89. The van der Waals surface area contributed by atoms with E-state index in [-0.39, 0.29) is 0 Å². The summed E-state index contributed by atoms with van der Waals surface area (Å²) in [6, 6.07) is 13.1. The van der Waals surface area contributed by atoms with Gasteiger partial charge in [0.05, 0.1) is 30.7 Å². The summed E-state index contributed by atoms with van der Waals surface area (Å²) in [5, 5.41) is 38.5. The van der Waals surface area contributed by atoms with E-state index in [1.807, 2.05) is 12.1 Å². The van der Waals surface area contributed by atoms with E-state index in [1.54, 1.807) is 38.1 Å². The molecule has 4 unspecified atom stereocenters. The van der Waals surface area contributed by atoms with Gasteiger partial charge < -0.3 is 14.2 Å². The molecule has 2 aliphatic rings. The van der Waals surface area contributed by atoms with Crippen molar-refractivity contribution in [2.24, 2.45) is 16.7 Å². The number of rotatable bonds is 7. The standard InChI is InChI=1S/C23H26N4O3/c1-4-5-6-7-12-28-18-10-8-17(9-11-18)19-22(13-24,14-25)23(15-26)16(2)21(3,29-19)30-20(23)27/h8-11,16,19,27H,4-7,12H2,1-3H3. The Morgan fingerprint density at radius 2 is 1.73 bits per heavy atom. The molecule has 2 fully saturated rings. The second-order valence-electron chi connectivity index (χ2n) is 8.10. The number of hydrogen-bond donors (Lipinski definition) is 1. The van der Waals surface area contributed by atoms with Crippen molar-refractivity contribution in [3.63, 3.8) is 0 Å². The number of nitrogens with zero attached hydrogens (tertiary/aromatic N) is 3. The van der Waals surface area contributed by atoms with Gasteiger partial charge in [-0.3, -0.25) is 5.41 Å². The molecule has 30 heavy (non-hydrogen) atoms. The lowest BCUT2D eigenvalue weighted by Gasteiger charge is -2.47. The smallest absolute Gasteiger partial charge is 0.214 e. The second-order valence-corrected chi connectivity index (χ2v) is 8.10. The van der Waals surface area contributed by atoms with Gasteiger partial charge in [-0.05, 0) is 24.1 Å². The van der Waals surface area contributed by atoms with Crippen LogP contribution in [0.15, 0.2) is 24.3 Å². The van der Waals surface area contributed by atoms with Crippen molar-refractivity contribution in [2.75, 3.05) is 6.61 Å². The number of fused-ring (bicyclic) bond motifs is 2. The molecule has 0 radical (unpaired) electrons. The normalized spacial score (nSPS) is 31.1. The maximum atomic E-state index is 10.1. The van der Waals surface area contributed by atoms with E-state index in [9.17, 15) is 15.8 Å². The summed E-state index contributed by atoms with van der Waals surface area (Å²) in [5.41, 5.74) is -3.08. The van der Waals surface area contributed by atoms with Crippen LogP contribution in [0.1, 0.15) is 58.1 Å². The maximum Gasteiger partial charge on any atom is 0.214 e. The van der Waals surface area contributed by atoms with Crippen LogP contribution in [0.3, 0.4) is 0 Å². The molecule has 2 heterocycles. The predicted octanol–water partition coefficient (Wildman–Crippen LogP) is 4.62. The van der Waals surface area contributed by atoms with Crippen LogP contribution in [0.25, 0.3) is 0 Å². The third-order valence-electron chi connectivity index (χ3n) is 6.44. The number of nitrogens with one attached hydrogen (secondary N) is 1. The van der Waals surface area contributed by atoms with E-state index in [0.717, 1.165) is 12.8 Å². The highest BCUT2D eigenvalue weighted by atomic mass is 16.7. The molecule has 0 saturated carbocycles. The zero-order valence-corrected chi connectivity index (χ0v) is 17.6. The Hall–Kier alpha value is -3.08. The topological polar surface area (TPSA) is 123 Å². The highest BCUT2D eigenvalue weighted by Crippen LogP contribution is 2.66. The van der Waals surface area contributed by atoms with Crippen LogP contribution < -0.4 is 4.74 Å². The fraction of sp³-hybridized carbons (Fsp3) is 0.565. The Labute approximate surface area is 177 Å². The minimum absolute atomic E-state index is 0.391. The molecule has 7 heteroatoms. The monoisotopic (exact) mass is 406 g/mol. The first kappa shape index (κ1) is 21.6. The number of unbranched alkanes of at least 4 members (excludes halogenated alkanes) is 3. The lowest BCUT2D eigenvalue weighted by molar-refractivity contribution is -0.268. The first-order valence-corrected chi connectivity index (χ1v) is 10.3. The summed E-state index contributed by atoms with van der Waals surface area (Å²) in [4.78, 5) is 0. The van der Waals surface area contributed by atoms with Crippen molar-refractivity contribution >= 4 is 5.90 Å². The Balaban J connectivity index is 1.92. The summed E-state index contributed by atoms with van der Waals surface area (Å²) in [5.74, 6) is -1.64. The first-order valence-electron chi connectivity index (χ1n) is 10.3. The van der Waals surface area contributed by atoms with Gasteiger partial charge in [0.2, 0.25) is 17.1 Å². The van der Waals surface area contributed by atoms with E-state index in [0.29, 0.717) is 17.9 Å². The molecular weight excluding hydrogens is 380 g/mol. The van der Waals surface area contributed by atoms with Crippen molar-refractivity contribution in [2.45, 2.75) is 58.3 Å². The average Bonchev–Trinajstić information content (AvgIpc) is 2.89. The fourth-order valence-electron chi connectivity index (χ4n) is 4.47. The molecule has 0 amide bonds. The molecule has 1 aromatic rings. The zero-order valence-electron chi connectivity index (χ0n) is 17.6. The Morgan fingerprint density at radius 3 is 2.30 bits per heavy atom. The van der Waals surface area contributed by atoms with Gasteiger partial charge in [-0.1, -0.05) is 45.2 Å². The molecule has 1 N–H and O–H groups in total. The predicted molar refractivity (Wildman–Crippen MR) is 108 cm³/mol. The fourth-order valence-corrected chi connectivity index (χ4v) is 4.47. The Morgan fingerprint density at radius 1 is 1.07 bits per heavy atom. The van der Waals surface area contributed by atoms with Gasteiger partial charge in [0, 0.05) is 6.92 Å². The summed E-state index contributed by atoms with van der Waals surface area (Å²) >= 11 is 0. The van der Waals surface area contributed by atoms with E-state index < -0.39 is 34.5 Å². The van der Waals surface area contributed by atoms with Gasteiger partial charge in [-0.2, -0.15) is 15.8 Å². The lowest BCUT2D eigenvalue weighted by atomic mass is 9.54. The van der Waals surface area contributed by atoms with E-state index in [4.69, 9.17) is 19.6 Å². The zero-order chi connectivity index (χ0) is 22.0. The summed E-state index contributed by atoms with van der Waals surface area (Å²) < 4.78 is 17.5. The lowest BCUT2D eigenvalue weighted by Crippen LogP contribution is -2.57. The number of benzene rings is 1. The number of nitriles is 3. The van der Waals surface area contributed by atoms with Gasteiger partial charge in [0.15, 0.2) is 5.41 Å². The third-order valence-corrected chi connectivity index (χ3v) is 6.44. The van der Waals surface area contributed by atoms with Gasteiger partial charge in [-0.25, -0.2) is 0 Å². The summed E-state index contributed by atoms with van der Waals surface area (Å²) in [7, 11) is 0. The molecule has 3 rings (SSSR count).